The molecule has 27 heavy (non-hydrogen) atoms. The molecule has 1 atom stereocenters. The first-order valence-electron chi connectivity index (χ1n) is 7.88. The third kappa shape index (κ3) is 3.87. The maximum Gasteiger partial charge on any atom is 0.275 e. The van der Waals surface area contributed by atoms with Gasteiger partial charge < -0.3 is 10.6 Å². The highest BCUT2D eigenvalue weighted by molar-refractivity contribution is 7.89. The Morgan fingerprint density at radius 2 is 2.11 bits per heavy atom. The average Bonchev–Trinajstić information content (AvgIpc) is 2.61. The number of aryl methyl sites for hydroxylation is 1. The topological polar surface area (TPSA) is 128 Å². The second-order valence-corrected chi connectivity index (χ2v) is 8.07. The lowest BCUT2D eigenvalue weighted by molar-refractivity contribution is 0.102. The largest absolute Gasteiger partial charge is 0.348 e. The lowest BCUT2D eigenvalue weighted by atomic mass is 10.1. The van der Waals surface area contributed by atoms with Crippen molar-refractivity contribution >= 4 is 27.6 Å². The van der Waals surface area contributed by atoms with Crippen LogP contribution in [0.2, 0.25) is 0 Å². The smallest absolute Gasteiger partial charge is 0.275 e. The van der Waals surface area contributed by atoms with Gasteiger partial charge in [0, 0.05) is 24.5 Å². The highest BCUT2D eigenvalue weighted by atomic mass is 32.2. The number of guanidine groups is 1. The molecule has 1 aromatic carbocycles. The van der Waals surface area contributed by atoms with Crippen molar-refractivity contribution < 1.29 is 17.6 Å². The van der Waals surface area contributed by atoms with Crippen molar-refractivity contribution in [1.29, 1.82) is 5.41 Å². The number of hydrogen-bond donors (Lipinski definition) is 3. The Labute approximate surface area is 155 Å². The van der Waals surface area contributed by atoms with Crippen molar-refractivity contribution in [3.05, 3.63) is 53.4 Å². The number of amides is 1. The number of anilines is 1. The fourth-order valence-electron chi connectivity index (χ4n) is 2.52. The quantitative estimate of drug-likeness (QED) is 0.715. The van der Waals surface area contributed by atoms with Crippen LogP contribution in [-0.4, -0.2) is 47.4 Å². The average molecular weight is 392 g/mol. The van der Waals surface area contributed by atoms with Crippen LogP contribution in [0.15, 0.2) is 30.6 Å². The molecule has 0 aliphatic carbocycles. The fraction of sp³-hybridized carbons (Fsp3) is 0.250. The summed E-state index contributed by atoms with van der Waals surface area (Å²) in [5.41, 5.74) is 1.05. The van der Waals surface area contributed by atoms with Crippen LogP contribution >= 0.6 is 0 Å². The van der Waals surface area contributed by atoms with Gasteiger partial charge in [-0.1, -0.05) is 0 Å². The molecule has 9 nitrogen and oxygen atoms in total. The minimum Gasteiger partial charge on any atom is -0.348 e. The van der Waals surface area contributed by atoms with Crippen LogP contribution < -0.4 is 10.6 Å². The molecule has 0 saturated carbocycles. The first-order valence-corrected chi connectivity index (χ1v) is 9.49. The number of benzene rings is 1. The molecule has 1 aliphatic rings. The summed E-state index contributed by atoms with van der Waals surface area (Å²) in [4.78, 5) is 20.2. The van der Waals surface area contributed by atoms with E-state index < -0.39 is 33.5 Å². The number of sulfonamides is 1. The summed E-state index contributed by atoms with van der Waals surface area (Å²) in [6.45, 7) is 1.74. The van der Waals surface area contributed by atoms with Gasteiger partial charge in [-0.15, -0.1) is 0 Å². The zero-order valence-corrected chi connectivity index (χ0v) is 15.3. The van der Waals surface area contributed by atoms with Gasteiger partial charge in [0.2, 0.25) is 16.0 Å². The van der Waals surface area contributed by atoms with Crippen LogP contribution in [-0.2, 0) is 10.0 Å². The Morgan fingerprint density at radius 1 is 1.37 bits per heavy atom. The van der Waals surface area contributed by atoms with Crippen molar-refractivity contribution in [2.24, 2.45) is 0 Å². The van der Waals surface area contributed by atoms with Gasteiger partial charge in [-0.25, -0.2) is 22.1 Å². The summed E-state index contributed by atoms with van der Waals surface area (Å²) in [5.74, 6) is -1.94. The van der Waals surface area contributed by atoms with Crippen molar-refractivity contribution in [3.8, 4) is 0 Å². The molecule has 1 aromatic heterocycles. The van der Waals surface area contributed by atoms with Crippen LogP contribution in [0.1, 0.15) is 27.8 Å². The number of nitrogens with zero attached hydrogens (tertiary/aromatic N) is 3. The van der Waals surface area contributed by atoms with E-state index >= 15 is 0 Å². The number of halogens is 1. The van der Waals surface area contributed by atoms with Gasteiger partial charge in [0.15, 0.2) is 0 Å². The molecule has 3 N–H and O–H groups in total. The van der Waals surface area contributed by atoms with Crippen LogP contribution in [0.25, 0.3) is 0 Å². The van der Waals surface area contributed by atoms with E-state index in [1.54, 1.807) is 6.92 Å². The van der Waals surface area contributed by atoms with Crippen molar-refractivity contribution in [2.75, 3.05) is 18.1 Å². The molecule has 0 spiro atoms. The summed E-state index contributed by atoms with van der Waals surface area (Å²) in [6, 6.07) is 2.87. The molecule has 1 saturated heterocycles. The molecule has 1 amide bonds. The number of nitrogens with one attached hydrogen (secondary N) is 3. The molecular formula is C16H17FN6O3S. The Kier molecular flexibility index (Phi) is 4.79. The molecule has 11 heteroatoms. The van der Waals surface area contributed by atoms with Crippen LogP contribution in [0.3, 0.4) is 0 Å². The van der Waals surface area contributed by atoms with Gasteiger partial charge in [-0.05, 0) is 25.1 Å². The van der Waals surface area contributed by atoms with Crippen LogP contribution in [0.4, 0.5) is 10.1 Å². The second kappa shape index (κ2) is 6.91. The van der Waals surface area contributed by atoms with E-state index in [0.29, 0.717) is 5.69 Å². The predicted molar refractivity (Wildman–Crippen MR) is 96.3 cm³/mol. The van der Waals surface area contributed by atoms with Gasteiger partial charge in [0.25, 0.3) is 5.91 Å². The summed E-state index contributed by atoms with van der Waals surface area (Å²) in [6.07, 6.45) is 2.77. The third-order valence-electron chi connectivity index (χ3n) is 4.06. The van der Waals surface area contributed by atoms with Crippen molar-refractivity contribution in [1.82, 2.24) is 19.6 Å². The molecule has 2 heterocycles. The van der Waals surface area contributed by atoms with E-state index in [4.69, 9.17) is 5.41 Å². The minimum absolute atomic E-state index is 0.0317. The molecular weight excluding hydrogens is 375 g/mol. The van der Waals surface area contributed by atoms with Gasteiger partial charge >= 0.3 is 0 Å². The molecule has 1 aliphatic heterocycles. The SMILES string of the molecule is Cc1cnc(C(=O)Nc2ccc(F)c([C@@H]3CS(=O)(=O)N(C)C(=N)N3)c2)cn1. The highest BCUT2D eigenvalue weighted by Crippen LogP contribution is 2.26. The van der Waals surface area contributed by atoms with Gasteiger partial charge in [-0.3, -0.25) is 15.2 Å². The summed E-state index contributed by atoms with van der Waals surface area (Å²) >= 11 is 0. The van der Waals surface area contributed by atoms with Crippen molar-refractivity contribution in [2.45, 2.75) is 13.0 Å². The number of carbonyl (C=O) groups is 1. The molecule has 0 radical (unpaired) electrons. The molecule has 142 valence electrons. The Balaban J connectivity index is 1.85. The van der Waals surface area contributed by atoms with E-state index in [1.165, 1.54) is 31.6 Å². The first-order chi connectivity index (χ1) is 12.7. The number of aromatic nitrogens is 2. The monoisotopic (exact) mass is 392 g/mol. The van der Waals surface area contributed by atoms with E-state index in [9.17, 15) is 17.6 Å². The first kappa shape index (κ1) is 18.7. The molecule has 2 aromatic rings. The van der Waals surface area contributed by atoms with Crippen LogP contribution in [0.5, 0.6) is 0 Å². The standard InChI is InChI=1S/C16H17FN6O3S/c1-9-6-20-13(7-19-9)15(24)21-10-3-4-12(17)11(5-10)14-8-27(25,26)23(2)16(18)22-14/h3-7,14H,8H2,1-2H3,(H2,18,22)(H,21,24)/t14-/m0/s1. The number of carbonyl (C=O) groups excluding carboxylic acids is 1. The van der Waals surface area contributed by atoms with E-state index in [2.05, 4.69) is 20.6 Å². The van der Waals surface area contributed by atoms with Crippen LogP contribution in [0, 0.1) is 18.2 Å². The summed E-state index contributed by atoms with van der Waals surface area (Å²) in [5, 5.41) is 13.0. The van der Waals surface area contributed by atoms with Gasteiger partial charge in [0.05, 0.1) is 23.7 Å². The zero-order valence-electron chi connectivity index (χ0n) is 14.5. The highest BCUT2D eigenvalue weighted by Gasteiger charge is 2.34. The minimum atomic E-state index is -3.73. The predicted octanol–water partition coefficient (Wildman–Crippen LogP) is 1.02. The fourth-order valence-corrected chi connectivity index (χ4v) is 3.76. The zero-order chi connectivity index (χ0) is 19.8. The van der Waals surface area contributed by atoms with E-state index in [0.717, 1.165) is 10.4 Å². The van der Waals surface area contributed by atoms with Gasteiger partial charge in [0.1, 0.15) is 11.5 Å². The van der Waals surface area contributed by atoms with E-state index in [-0.39, 0.29) is 22.9 Å². The number of rotatable bonds is 3. The lowest BCUT2D eigenvalue weighted by Gasteiger charge is -2.32. The Bertz CT molecular complexity index is 1010. The molecule has 3 rings (SSSR count). The second-order valence-electron chi connectivity index (χ2n) is 6.03. The van der Waals surface area contributed by atoms with Crippen molar-refractivity contribution in [3.63, 3.8) is 0 Å². The molecule has 1 fully saturated rings. The summed E-state index contributed by atoms with van der Waals surface area (Å²) in [7, 11) is -2.49. The Hall–Kier alpha value is -3.08. The normalized spacial score (nSPS) is 18.7. The maximum absolute atomic E-state index is 14.3. The van der Waals surface area contributed by atoms with Gasteiger partial charge in [-0.2, -0.15) is 0 Å². The molecule has 0 bridgehead atoms. The van der Waals surface area contributed by atoms with E-state index in [1.807, 2.05) is 0 Å². The maximum atomic E-state index is 14.3. The number of hydrogen-bond acceptors (Lipinski definition) is 6. The Morgan fingerprint density at radius 3 is 2.74 bits per heavy atom. The summed E-state index contributed by atoms with van der Waals surface area (Å²) < 4.78 is 39.3. The molecule has 0 unspecified atom stereocenters. The lowest BCUT2D eigenvalue weighted by Crippen LogP contribution is -2.52. The third-order valence-corrected chi connectivity index (χ3v) is 5.83.